The van der Waals surface area contributed by atoms with E-state index in [1.165, 1.54) is 0 Å². The standard InChI is InChI=1S/C10H9Cl2N/c1-10-5-3-2-4-7(10)9(12)13-8(11)6-10/h2-7H,1H3. The lowest BCUT2D eigenvalue weighted by Gasteiger charge is -2.33. The van der Waals surface area contributed by atoms with Gasteiger partial charge in [0.1, 0.15) is 10.3 Å². The molecular formula is C10H9Cl2N. The topological polar surface area (TPSA) is 12.4 Å². The molecule has 0 aromatic carbocycles. The van der Waals surface area contributed by atoms with E-state index in [0.717, 1.165) is 0 Å². The molecular weight excluding hydrogens is 205 g/mol. The molecule has 1 aliphatic heterocycles. The zero-order chi connectivity index (χ0) is 9.47. The van der Waals surface area contributed by atoms with Crippen LogP contribution in [0.3, 0.4) is 0 Å². The first-order valence-corrected chi connectivity index (χ1v) is 4.86. The Kier molecular flexibility index (Phi) is 2.09. The number of fused-ring (bicyclic) bond motifs is 1. The summed E-state index contributed by atoms with van der Waals surface area (Å²) in [5.41, 5.74) is -0.106. The lowest BCUT2D eigenvalue weighted by molar-refractivity contribution is 0.476. The van der Waals surface area contributed by atoms with E-state index in [4.69, 9.17) is 23.2 Å². The van der Waals surface area contributed by atoms with Crippen molar-refractivity contribution >= 4 is 28.4 Å². The fraction of sp³-hybridized carbons (Fsp3) is 0.300. The smallest absolute Gasteiger partial charge is 0.127 e. The molecule has 2 rings (SSSR count). The minimum atomic E-state index is -0.106. The van der Waals surface area contributed by atoms with Gasteiger partial charge in [-0.15, -0.1) is 0 Å². The van der Waals surface area contributed by atoms with Gasteiger partial charge >= 0.3 is 0 Å². The van der Waals surface area contributed by atoms with E-state index in [0.29, 0.717) is 10.3 Å². The molecule has 0 aromatic heterocycles. The fourth-order valence-corrected chi connectivity index (χ4v) is 2.45. The zero-order valence-electron chi connectivity index (χ0n) is 7.17. The molecule has 0 amide bonds. The Hall–Kier alpha value is -0.530. The summed E-state index contributed by atoms with van der Waals surface area (Å²) in [6, 6.07) is 0. The maximum Gasteiger partial charge on any atom is 0.127 e. The van der Waals surface area contributed by atoms with Crippen LogP contribution in [0.15, 0.2) is 40.5 Å². The third-order valence-electron chi connectivity index (χ3n) is 2.44. The second-order valence-electron chi connectivity index (χ2n) is 3.49. The molecule has 0 saturated heterocycles. The minimum Gasteiger partial charge on any atom is -0.229 e. The number of allylic oxidation sites excluding steroid dienone is 5. The molecule has 0 N–H and O–H groups in total. The SMILES string of the molecule is CC12C=CC=CC1C(Cl)=NC(Cl)=C2. The van der Waals surface area contributed by atoms with E-state index in [1.807, 2.05) is 24.3 Å². The van der Waals surface area contributed by atoms with Crippen molar-refractivity contribution in [2.45, 2.75) is 6.92 Å². The van der Waals surface area contributed by atoms with E-state index in [-0.39, 0.29) is 11.3 Å². The van der Waals surface area contributed by atoms with Crippen LogP contribution in [0.25, 0.3) is 0 Å². The summed E-state index contributed by atoms with van der Waals surface area (Å²) in [6.07, 6.45) is 10.1. The van der Waals surface area contributed by atoms with Gasteiger partial charge in [0.2, 0.25) is 0 Å². The summed E-state index contributed by atoms with van der Waals surface area (Å²) in [4.78, 5) is 4.04. The van der Waals surface area contributed by atoms with E-state index >= 15 is 0 Å². The van der Waals surface area contributed by atoms with Gasteiger partial charge < -0.3 is 0 Å². The van der Waals surface area contributed by atoms with Crippen LogP contribution in [-0.2, 0) is 0 Å². The normalized spacial score (nSPS) is 36.7. The molecule has 1 nitrogen and oxygen atoms in total. The molecule has 0 radical (unpaired) electrons. The zero-order valence-corrected chi connectivity index (χ0v) is 8.68. The van der Waals surface area contributed by atoms with Crippen LogP contribution in [0.2, 0.25) is 0 Å². The van der Waals surface area contributed by atoms with Crippen LogP contribution in [0.5, 0.6) is 0 Å². The number of halogens is 2. The molecule has 0 saturated carbocycles. The number of hydrogen-bond acceptors (Lipinski definition) is 1. The highest BCUT2D eigenvalue weighted by Crippen LogP contribution is 2.41. The molecule has 68 valence electrons. The summed E-state index contributed by atoms with van der Waals surface area (Å²) in [7, 11) is 0. The van der Waals surface area contributed by atoms with Crippen LogP contribution in [-0.4, -0.2) is 5.17 Å². The quantitative estimate of drug-likeness (QED) is 0.547. The fourth-order valence-electron chi connectivity index (χ4n) is 1.68. The maximum absolute atomic E-state index is 6.01. The van der Waals surface area contributed by atoms with Gasteiger partial charge in [0, 0.05) is 11.3 Å². The van der Waals surface area contributed by atoms with E-state index < -0.39 is 0 Å². The first-order chi connectivity index (χ1) is 6.12. The van der Waals surface area contributed by atoms with Gasteiger partial charge in [-0.25, -0.2) is 4.99 Å². The van der Waals surface area contributed by atoms with Gasteiger partial charge in [-0.05, 0) is 6.08 Å². The summed E-state index contributed by atoms with van der Waals surface area (Å²) < 4.78 is 0. The Morgan fingerprint density at radius 1 is 1.38 bits per heavy atom. The van der Waals surface area contributed by atoms with Gasteiger partial charge in [-0.2, -0.15) is 0 Å². The van der Waals surface area contributed by atoms with E-state index in [2.05, 4.69) is 18.0 Å². The van der Waals surface area contributed by atoms with Gasteiger partial charge in [0.05, 0.1) is 0 Å². The first-order valence-electron chi connectivity index (χ1n) is 4.10. The molecule has 13 heavy (non-hydrogen) atoms. The van der Waals surface area contributed by atoms with E-state index in [9.17, 15) is 0 Å². The van der Waals surface area contributed by atoms with Crippen LogP contribution in [0, 0.1) is 11.3 Å². The number of rotatable bonds is 0. The highest BCUT2D eigenvalue weighted by Gasteiger charge is 2.35. The Labute approximate surface area is 87.4 Å². The second kappa shape index (κ2) is 3.00. The molecule has 0 spiro atoms. The number of aliphatic imine (C=N–C) groups is 1. The molecule has 0 aromatic rings. The van der Waals surface area contributed by atoms with Gasteiger partial charge in [0.25, 0.3) is 0 Å². The van der Waals surface area contributed by atoms with Crippen LogP contribution >= 0.6 is 23.2 Å². The lowest BCUT2D eigenvalue weighted by atomic mass is 9.74. The molecule has 2 aliphatic rings. The van der Waals surface area contributed by atoms with Crippen molar-refractivity contribution in [3.63, 3.8) is 0 Å². The van der Waals surface area contributed by atoms with Crippen molar-refractivity contribution in [2.75, 3.05) is 0 Å². The largest absolute Gasteiger partial charge is 0.229 e. The van der Waals surface area contributed by atoms with Crippen molar-refractivity contribution in [1.82, 2.24) is 0 Å². The molecule has 1 heterocycles. The monoisotopic (exact) mass is 213 g/mol. The Bertz CT molecular complexity index is 352. The second-order valence-corrected chi connectivity index (χ2v) is 4.26. The molecule has 3 heteroatoms. The van der Waals surface area contributed by atoms with Crippen molar-refractivity contribution in [3.05, 3.63) is 35.5 Å². The highest BCUT2D eigenvalue weighted by atomic mass is 35.5. The molecule has 1 aliphatic carbocycles. The predicted molar refractivity (Wildman–Crippen MR) is 57.1 cm³/mol. The molecule has 0 bridgehead atoms. The third kappa shape index (κ3) is 1.47. The van der Waals surface area contributed by atoms with Crippen molar-refractivity contribution in [3.8, 4) is 0 Å². The maximum atomic E-state index is 6.01. The van der Waals surface area contributed by atoms with Crippen LogP contribution < -0.4 is 0 Å². The lowest BCUT2D eigenvalue weighted by Crippen LogP contribution is -2.30. The van der Waals surface area contributed by atoms with Gasteiger partial charge in [0.15, 0.2) is 0 Å². The predicted octanol–water partition coefficient (Wildman–Crippen LogP) is 3.47. The van der Waals surface area contributed by atoms with E-state index in [1.54, 1.807) is 0 Å². The first kappa shape index (κ1) is 9.04. The number of nitrogens with zero attached hydrogens (tertiary/aromatic N) is 1. The number of hydrogen-bond donors (Lipinski definition) is 0. The van der Waals surface area contributed by atoms with Gasteiger partial charge in [-0.3, -0.25) is 0 Å². The summed E-state index contributed by atoms with van der Waals surface area (Å²) >= 11 is 11.9. The summed E-state index contributed by atoms with van der Waals surface area (Å²) in [6.45, 7) is 2.09. The van der Waals surface area contributed by atoms with Crippen molar-refractivity contribution in [1.29, 1.82) is 0 Å². The van der Waals surface area contributed by atoms with Crippen LogP contribution in [0.4, 0.5) is 0 Å². The Morgan fingerprint density at radius 2 is 2.15 bits per heavy atom. The molecule has 0 fully saturated rings. The average Bonchev–Trinajstić information content (AvgIpc) is 2.01. The average molecular weight is 214 g/mol. The Balaban J connectivity index is 2.48. The summed E-state index contributed by atoms with van der Waals surface area (Å²) in [5.74, 6) is 0.140. The third-order valence-corrected chi connectivity index (χ3v) is 2.95. The van der Waals surface area contributed by atoms with Crippen molar-refractivity contribution < 1.29 is 0 Å². The van der Waals surface area contributed by atoms with Crippen molar-refractivity contribution in [2.24, 2.45) is 16.3 Å². The summed E-state index contributed by atoms with van der Waals surface area (Å²) in [5, 5.41) is 1.04. The minimum absolute atomic E-state index is 0.106. The molecule has 2 atom stereocenters. The Morgan fingerprint density at radius 3 is 2.92 bits per heavy atom. The highest BCUT2D eigenvalue weighted by molar-refractivity contribution is 6.66. The molecule has 2 unspecified atom stereocenters. The van der Waals surface area contributed by atoms with Gasteiger partial charge in [-0.1, -0.05) is 54.4 Å². The van der Waals surface area contributed by atoms with Crippen LogP contribution in [0.1, 0.15) is 6.92 Å².